The average Bonchev–Trinajstić information content (AvgIpc) is 2.83. The van der Waals surface area contributed by atoms with Crippen molar-refractivity contribution in [2.24, 2.45) is 10.9 Å². The first-order valence-electron chi connectivity index (χ1n) is 12.4. The Labute approximate surface area is 188 Å². The number of benzene rings is 1. The summed E-state index contributed by atoms with van der Waals surface area (Å²) in [5.41, 5.74) is 2.49. The van der Waals surface area contributed by atoms with Crippen molar-refractivity contribution in [3.8, 4) is 0 Å². The van der Waals surface area contributed by atoms with Gasteiger partial charge in [-0.25, -0.2) is 4.99 Å². The molecule has 6 nitrogen and oxygen atoms in total. The first-order valence-corrected chi connectivity index (χ1v) is 12.4. The Morgan fingerprint density at radius 3 is 2.48 bits per heavy atom. The minimum absolute atomic E-state index is 0.320. The van der Waals surface area contributed by atoms with Crippen molar-refractivity contribution >= 4 is 11.6 Å². The van der Waals surface area contributed by atoms with E-state index in [1.54, 1.807) is 0 Å². The van der Waals surface area contributed by atoms with Crippen LogP contribution in [0.4, 0.5) is 5.69 Å². The number of aliphatic hydroxyl groups excluding tert-OH is 1. The summed E-state index contributed by atoms with van der Waals surface area (Å²) in [6.45, 7) is 7.70. The summed E-state index contributed by atoms with van der Waals surface area (Å²) in [7, 11) is 0. The Morgan fingerprint density at radius 2 is 1.81 bits per heavy atom. The maximum Gasteiger partial charge on any atom is 0.191 e. The zero-order valence-corrected chi connectivity index (χ0v) is 19.3. The van der Waals surface area contributed by atoms with E-state index in [1.165, 1.54) is 43.4 Å². The van der Waals surface area contributed by atoms with Crippen molar-refractivity contribution < 1.29 is 9.84 Å². The Hall–Kier alpha value is -1.79. The topological polar surface area (TPSA) is 69.1 Å². The van der Waals surface area contributed by atoms with E-state index in [0.717, 1.165) is 58.0 Å². The van der Waals surface area contributed by atoms with E-state index in [0.29, 0.717) is 25.2 Å². The lowest BCUT2D eigenvalue weighted by Gasteiger charge is -2.32. The van der Waals surface area contributed by atoms with Gasteiger partial charge in [0, 0.05) is 45.1 Å². The third-order valence-corrected chi connectivity index (χ3v) is 6.46. The maximum atomic E-state index is 9.31. The van der Waals surface area contributed by atoms with Crippen LogP contribution in [0.5, 0.6) is 0 Å². The standard InChI is InChI=1S/C25H42N4O2/c1-2-26-25(27-15-6-18-31-24-7-4-3-5-8-24)28-19-21-9-11-23(12-10-21)29-16-13-22(20-30)14-17-29/h9-12,22,24,30H,2-8,13-20H2,1H3,(H2,26,27,28). The number of anilines is 1. The number of piperidine rings is 1. The summed E-state index contributed by atoms with van der Waals surface area (Å²) in [4.78, 5) is 7.16. The van der Waals surface area contributed by atoms with Crippen molar-refractivity contribution in [2.45, 2.75) is 70.9 Å². The molecule has 1 aromatic carbocycles. The predicted molar refractivity (Wildman–Crippen MR) is 129 cm³/mol. The highest BCUT2D eigenvalue weighted by Gasteiger charge is 2.18. The molecule has 0 aromatic heterocycles. The SMILES string of the molecule is CCNC(=NCc1ccc(N2CCC(CO)CC2)cc1)NCCCOC1CCCCC1. The van der Waals surface area contributed by atoms with Crippen molar-refractivity contribution in [3.63, 3.8) is 0 Å². The highest BCUT2D eigenvalue weighted by atomic mass is 16.5. The molecular weight excluding hydrogens is 388 g/mol. The Balaban J connectivity index is 1.38. The smallest absolute Gasteiger partial charge is 0.191 e. The second-order valence-electron chi connectivity index (χ2n) is 8.89. The van der Waals surface area contributed by atoms with Crippen LogP contribution in [0.3, 0.4) is 0 Å². The summed E-state index contributed by atoms with van der Waals surface area (Å²) in [5.74, 6) is 1.34. The molecule has 0 atom stereocenters. The molecule has 1 saturated carbocycles. The number of rotatable bonds is 10. The molecule has 1 saturated heterocycles. The van der Waals surface area contributed by atoms with Gasteiger partial charge < -0.3 is 25.4 Å². The minimum atomic E-state index is 0.320. The van der Waals surface area contributed by atoms with Crippen LogP contribution in [0.2, 0.25) is 0 Å². The molecule has 6 heteroatoms. The van der Waals surface area contributed by atoms with E-state index < -0.39 is 0 Å². The Morgan fingerprint density at radius 1 is 1.06 bits per heavy atom. The molecule has 0 bridgehead atoms. The molecule has 1 heterocycles. The van der Waals surface area contributed by atoms with Crippen molar-refractivity contribution in [1.82, 2.24) is 10.6 Å². The molecule has 0 radical (unpaired) electrons. The lowest BCUT2D eigenvalue weighted by Crippen LogP contribution is -2.38. The van der Waals surface area contributed by atoms with Crippen LogP contribution in [0.15, 0.2) is 29.3 Å². The molecule has 174 valence electrons. The summed E-state index contributed by atoms with van der Waals surface area (Å²) in [5, 5.41) is 16.1. The number of hydrogen-bond donors (Lipinski definition) is 3. The van der Waals surface area contributed by atoms with Crippen LogP contribution in [0, 0.1) is 5.92 Å². The fraction of sp³-hybridized carbons (Fsp3) is 0.720. The largest absolute Gasteiger partial charge is 0.396 e. The molecule has 0 unspecified atom stereocenters. The van der Waals surface area contributed by atoms with Crippen molar-refractivity contribution in [2.75, 3.05) is 44.3 Å². The first kappa shape index (κ1) is 23.9. The second-order valence-corrected chi connectivity index (χ2v) is 8.89. The Bertz CT molecular complexity index is 635. The monoisotopic (exact) mass is 430 g/mol. The minimum Gasteiger partial charge on any atom is -0.396 e. The number of hydrogen-bond acceptors (Lipinski definition) is 4. The van der Waals surface area contributed by atoms with E-state index in [4.69, 9.17) is 9.73 Å². The lowest BCUT2D eigenvalue weighted by molar-refractivity contribution is 0.0277. The quantitative estimate of drug-likeness (QED) is 0.300. The molecule has 0 amide bonds. The Kier molecular flexibility index (Phi) is 10.5. The van der Waals surface area contributed by atoms with Gasteiger partial charge in [-0.2, -0.15) is 0 Å². The van der Waals surface area contributed by atoms with Crippen LogP contribution < -0.4 is 15.5 Å². The van der Waals surface area contributed by atoms with Gasteiger partial charge in [0.1, 0.15) is 0 Å². The summed E-state index contributed by atoms with van der Waals surface area (Å²) in [6, 6.07) is 8.76. The van der Waals surface area contributed by atoms with Gasteiger partial charge in [-0.3, -0.25) is 0 Å². The van der Waals surface area contributed by atoms with Crippen LogP contribution in [0.25, 0.3) is 0 Å². The summed E-state index contributed by atoms with van der Waals surface area (Å²) in [6.07, 6.45) is 10.1. The molecule has 31 heavy (non-hydrogen) atoms. The zero-order valence-electron chi connectivity index (χ0n) is 19.3. The summed E-state index contributed by atoms with van der Waals surface area (Å²) < 4.78 is 6.01. The predicted octanol–water partition coefficient (Wildman–Crippen LogP) is 3.69. The van der Waals surface area contributed by atoms with Crippen LogP contribution in [-0.4, -0.2) is 56.6 Å². The van der Waals surface area contributed by atoms with E-state index in [9.17, 15) is 5.11 Å². The fourth-order valence-corrected chi connectivity index (χ4v) is 4.46. The maximum absolute atomic E-state index is 9.31. The van der Waals surface area contributed by atoms with E-state index in [1.807, 2.05) is 0 Å². The normalized spacial score (nSPS) is 18.9. The average molecular weight is 431 g/mol. The number of ether oxygens (including phenoxy) is 1. The first-order chi connectivity index (χ1) is 15.3. The molecule has 2 fully saturated rings. The third-order valence-electron chi connectivity index (χ3n) is 6.46. The number of aliphatic hydroxyl groups is 1. The molecular formula is C25H42N4O2. The molecule has 1 aliphatic carbocycles. The van der Waals surface area contributed by atoms with Gasteiger partial charge in [0.05, 0.1) is 12.6 Å². The molecule has 3 rings (SSSR count). The van der Waals surface area contributed by atoms with E-state index in [2.05, 4.69) is 46.7 Å². The molecule has 1 aliphatic heterocycles. The van der Waals surface area contributed by atoms with E-state index >= 15 is 0 Å². The number of nitrogens with one attached hydrogen (secondary N) is 2. The van der Waals surface area contributed by atoms with Crippen LogP contribution in [0.1, 0.15) is 63.9 Å². The molecule has 1 aromatic rings. The van der Waals surface area contributed by atoms with E-state index in [-0.39, 0.29) is 0 Å². The highest BCUT2D eigenvalue weighted by Crippen LogP contribution is 2.23. The second kappa shape index (κ2) is 13.6. The number of guanidine groups is 1. The van der Waals surface area contributed by atoms with Gasteiger partial charge >= 0.3 is 0 Å². The van der Waals surface area contributed by atoms with Crippen molar-refractivity contribution in [1.29, 1.82) is 0 Å². The highest BCUT2D eigenvalue weighted by molar-refractivity contribution is 5.79. The zero-order chi connectivity index (χ0) is 21.7. The number of aliphatic imine (C=N–C) groups is 1. The number of nitrogens with zero attached hydrogens (tertiary/aromatic N) is 2. The molecule has 0 spiro atoms. The summed E-state index contributed by atoms with van der Waals surface area (Å²) >= 11 is 0. The third kappa shape index (κ3) is 8.34. The van der Waals surface area contributed by atoms with Crippen LogP contribution in [-0.2, 0) is 11.3 Å². The van der Waals surface area contributed by atoms with Gasteiger partial charge in [-0.15, -0.1) is 0 Å². The fourth-order valence-electron chi connectivity index (χ4n) is 4.46. The molecule has 2 aliphatic rings. The lowest BCUT2D eigenvalue weighted by atomic mass is 9.97. The van der Waals surface area contributed by atoms with Crippen molar-refractivity contribution in [3.05, 3.63) is 29.8 Å². The van der Waals surface area contributed by atoms with Gasteiger partial charge in [0.25, 0.3) is 0 Å². The van der Waals surface area contributed by atoms with Gasteiger partial charge in [0.2, 0.25) is 0 Å². The van der Waals surface area contributed by atoms with Gasteiger partial charge in [-0.05, 0) is 62.6 Å². The molecule has 3 N–H and O–H groups in total. The van der Waals surface area contributed by atoms with Gasteiger partial charge in [-0.1, -0.05) is 31.4 Å². The van der Waals surface area contributed by atoms with Crippen LogP contribution >= 0.6 is 0 Å². The van der Waals surface area contributed by atoms with Gasteiger partial charge in [0.15, 0.2) is 5.96 Å².